The van der Waals surface area contributed by atoms with Crippen LogP contribution in [0.1, 0.15) is 12.1 Å². The second-order valence-electron chi connectivity index (χ2n) is 5.66. The Bertz CT molecular complexity index is 716. The zero-order chi connectivity index (χ0) is 17.9. The molecule has 1 saturated heterocycles. The first kappa shape index (κ1) is 20.2. The number of aromatic nitrogens is 2. The Balaban J connectivity index is 0.00000243. The number of rotatable bonds is 3. The number of anilines is 3. The molecule has 2 aromatic rings. The van der Waals surface area contributed by atoms with E-state index in [0.717, 1.165) is 19.0 Å². The zero-order valence-electron chi connectivity index (χ0n) is 13.7. The first-order valence-electron chi connectivity index (χ1n) is 7.86. The van der Waals surface area contributed by atoms with Crippen LogP contribution in [-0.2, 0) is 6.18 Å². The van der Waals surface area contributed by atoms with Gasteiger partial charge in [0, 0.05) is 31.4 Å². The van der Waals surface area contributed by atoms with Gasteiger partial charge < -0.3 is 15.5 Å². The predicted molar refractivity (Wildman–Crippen MR) is 93.7 cm³/mol. The Morgan fingerprint density at radius 2 is 1.77 bits per heavy atom. The molecule has 26 heavy (non-hydrogen) atoms. The normalized spacial score (nSPS) is 15.2. The van der Waals surface area contributed by atoms with Gasteiger partial charge in [-0.1, -0.05) is 0 Å². The van der Waals surface area contributed by atoms with Crippen molar-refractivity contribution in [1.29, 1.82) is 0 Å². The van der Waals surface area contributed by atoms with Gasteiger partial charge in [0.1, 0.15) is 11.6 Å². The Labute approximate surface area is 154 Å². The fraction of sp³-hybridized carbons (Fsp3) is 0.375. The van der Waals surface area contributed by atoms with E-state index in [1.54, 1.807) is 4.90 Å². The van der Waals surface area contributed by atoms with E-state index in [2.05, 4.69) is 20.6 Å². The fourth-order valence-electron chi connectivity index (χ4n) is 2.51. The van der Waals surface area contributed by atoms with E-state index in [4.69, 9.17) is 0 Å². The molecule has 3 rings (SSSR count). The van der Waals surface area contributed by atoms with Gasteiger partial charge in [-0.3, -0.25) is 0 Å². The molecular formula is C16H18ClF4N5. The molecule has 1 aromatic heterocycles. The summed E-state index contributed by atoms with van der Waals surface area (Å²) in [7, 11) is 0. The topological polar surface area (TPSA) is 53.1 Å². The molecule has 1 aliphatic rings. The lowest BCUT2D eigenvalue weighted by atomic mass is 10.3. The summed E-state index contributed by atoms with van der Waals surface area (Å²) in [6, 6.07) is 6.15. The minimum absolute atomic E-state index is 0. The van der Waals surface area contributed by atoms with E-state index in [9.17, 15) is 17.6 Å². The van der Waals surface area contributed by atoms with Crippen LogP contribution >= 0.6 is 12.4 Å². The van der Waals surface area contributed by atoms with Gasteiger partial charge in [-0.05, 0) is 37.2 Å². The number of benzene rings is 1. The maximum Gasteiger partial charge on any atom is 0.433 e. The molecule has 142 valence electrons. The quantitative estimate of drug-likeness (QED) is 0.783. The molecule has 1 aromatic carbocycles. The molecule has 0 bridgehead atoms. The van der Waals surface area contributed by atoms with Crippen molar-refractivity contribution in [3.63, 3.8) is 0 Å². The molecule has 1 fully saturated rings. The number of nitrogens with zero attached hydrogens (tertiary/aromatic N) is 3. The van der Waals surface area contributed by atoms with Gasteiger partial charge in [-0.25, -0.2) is 9.37 Å². The highest BCUT2D eigenvalue weighted by Gasteiger charge is 2.34. The van der Waals surface area contributed by atoms with Crippen molar-refractivity contribution in [2.45, 2.75) is 12.6 Å². The van der Waals surface area contributed by atoms with E-state index in [1.165, 1.54) is 24.3 Å². The maximum atomic E-state index is 13.2. The second-order valence-corrected chi connectivity index (χ2v) is 5.66. The summed E-state index contributed by atoms with van der Waals surface area (Å²) in [5.74, 6) is -0.383. The largest absolute Gasteiger partial charge is 0.433 e. The number of hydrogen-bond acceptors (Lipinski definition) is 5. The van der Waals surface area contributed by atoms with Crippen LogP contribution in [0.5, 0.6) is 0 Å². The predicted octanol–water partition coefficient (Wildman–Crippen LogP) is 3.60. The van der Waals surface area contributed by atoms with Crippen molar-refractivity contribution in [3.05, 3.63) is 41.8 Å². The van der Waals surface area contributed by atoms with Gasteiger partial charge in [0.05, 0.1) is 0 Å². The van der Waals surface area contributed by atoms with Crippen LogP contribution in [0.25, 0.3) is 0 Å². The Hall–Kier alpha value is -2.13. The fourth-order valence-corrected chi connectivity index (χ4v) is 2.51. The minimum Gasteiger partial charge on any atom is -0.340 e. The molecule has 0 radical (unpaired) electrons. The summed E-state index contributed by atoms with van der Waals surface area (Å²) in [4.78, 5) is 9.63. The highest BCUT2D eigenvalue weighted by atomic mass is 35.5. The summed E-state index contributed by atoms with van der Waals surface area (Å²) >= 11 is 0. The van der Waals surface area contributed by atoms with Crippen LogP contribution in [-0.4, -0.2) is 36.1 Å². The summed E-state index contributed by atoms with van der Waals surface area (Å²) < 4.78 is 52.5. The van der Waals surface area contributed by atoms with Gasteiger partial charge in [0.25, 0.3) is 0 Å². The van der Waals surface area contributed by atoms with Crippen LogP contribution < -0.4 is 15.5 Å². The van der Waals surface area contributed by atoms with Crippen molar-refractivity contribution in [3.8, 4) is 0 Å². The summed E-state index contributed by atoms with van der Waals surface area (Å²) in [6.45, 7) is 2.55. The van der Waals surface area contributed by atoms with Crippen molar-refractivity contribution < 1.29 is 17.6 Å². The van der Waals surface area contributed by atoms with E-state index in [-0.39, 0.29) is 24.2 Å². The summed E-state index contributed by atoms with van der Waals surface area (Å²) in [6.07, 6.45) is -3.79. The molecule has 5 nitrogen and oxygen atoms in total. The van der Waals surface area contributed by atoms with Gasteiger partial charge in [0.2, 0.25) is 5.95 Å². The van der Waals surface area contributed by atoms with Crippen molar-refractivity contribution in [2.75, 3.05) is 36.4 Å². The SMILES string of the molecule is Cl.Fc1ccc(Nc2cc(C(F)(F)F)nc(N3CCCNCC3)n2)cc1. The van der Waals surface area contributed by atoms with Crippen molar-refractivity contribution >= 4 is 29.9 Å². The summed E-state index contributed by atoms with van der Waals surface area (Å²) in [5, 5.41) is 5.96. The monoisotopic (exact) mass is 391 g/mol. The van der Waals surface area contributed by atoms with E-state index >= 15 is 0 Å². The average molecular weight is 392 g/mol. The smallest absolute Gasteiger partial charge is 0.340 e. The molecule has 2 heterocycles. The van der Waals surface area contributed by atoms with Gasteiger partial charge in [0.15, 0.2) is 5.69 Å². The van der Waals surface area contributed by atoms with Crippen LogP contribution in [0.2, 0.25) is 0 Å². The number of halogens is 5. The average Bonchev–Trinajstić information content (AvgIpc) is 2.85. The second kappa shape index (κ2) is 8.50. The number of alkyl halides is 3. The standard InChI is InChI=1S/C16H17F4N5.ClH/c17-11-2-4-12(5-3-11)22-14-10-13(16(18,19)20)23-15(24-14)25-8-1-6-21-7-9-25;/h2-5,10,21H,1,6-9H2,(H,22,23,24);1H. The lowest BCUT2D eigenvalue weighted by Crippen LogP contribution is -2.30. The molecule has 0 unspecified atom stereocenters. The lowest BCUT2D eigenvalue weighted by Gasteiger charge is -2.21. The van der Waals surface area contributed by atoms with Crippen LogP contribution in [0, 0.1) is 5.82 Å². The summed E-state index contributed by atoms with van der Waals surface area (Å²) in [5.41, 5.74) is -0.573. The molecule has 1 aliphatic heterocycles. The molecule has 10 heteroatoms. The molecule has 0 atom stereocenters. The maximum absolute atomic E-state index is 13.2. The number of nitrogens with one attached hydrogen (secondary N) is 2. The highest BCUT2D eigenvalue weighted by molar-refractivity contribution is 5.85. The molecular weight excluding hydrogens is 374 g/mol. The third-order valence-corrected chi connectivity index (χ3v) is 3.74. The van der Waals surface area contributed by atoms with Crippen molar-refractivity contribution in [1.82, 2.24) is 15.3 Å². The Morgan fingerprint density at radius 1 is 1.04 bits per heavy atom. The molecule has 0 saturated carbocycles. The van der Waals surface area contributed by atoms with Crippen molar-refractivity contribution in [2.24, 2.45) is 0 Å². The van der Waals surface area contributed by atoms with E-state index < -0.39 is 17.7 Å². The van der Waals surface area contributed by atoms with E-state index in [0.29, 0.717) is 25.3 Å². The molecule has 0 spiro atoms. The van der Waals surface area contributed by atoms with Crippen LogP contribution in [0.4, 0.5) is 35.0 Å². The Kier molecular flexibility index (Phi) is 6.60. The van der Waals surface area contributed by atoms with Crippen LogP contribution in [0.3, 0.4) is 0 Å². The Morgan fingerprint density at radius 3 is 2.46 bits per heavy atom. The minimum atomic E-state index is -4.58. The van der Waals surface area contributed by atoms with Gasteiger partial charge >= 0.3 is 6.18 Å². The van der Waals surface area contributed by atoms with Gasteiger partial charge in [-0.2, -0.15) is 18.2 Å². The highest BCUT2D eigenvalue weighted by Crippen LogP contribution is 2.31. The lowest BCUT2D eigenvalue weighted by molar-refractivity contribution is -0.141. The molecule has 0 aliphatic carbocycles. The van der Waals surface area contributed by atoms with Crippen LogP contribution in [0.15, 0.2) is 30.3 Å². The third-order valence-electron chi connectivity index (χ3n) is 3.74. The third kappa shape index (κ3) is 5.18. The van der Waals surface area contributed by atoms with Gasteiger partial charge in [-0.15, -0.1) is 12.4 Å². The molecule has 0 amide bonds. The zero-order valence-corrected chi connectivity index (χ0v) is 14.5. The van der Waals surface area contributed by atoms with E-state index in [1.807, 2.05) is 0 Å². The first-order chi connectivity index (χ1) is 11.9. The number of hydrogen-bond donors (Lipinski definition) is 2. The molecule has 2 N–H and O–H groups in total. The first-order valence-corrected chi connectivity index (χ1v) is 7.86.